The van der Waals surface area contributed by atoms with Gasteiger partial charge in [0.1, 0.15) is 0 Å². The number of hydrogen-bond donors (Lipinski definition) is 1. The van der Waals surface area contributed by atoms with Gasteiger partial charge in [0.15, 0.2) is 0 Å². The number of nitrogens with one attached hydrogen (secondary N) is 1. The third kappa shape index (κ3) is 4.46. The first kappa shape index (κ1) is 14.7. The third-order valence-corrected chi connectivity index (χ3v) is 3.43. The molecule has 0 spiro atoms. The molecular weight excluding hydrogens is 244 g/mol. The topological polar surface area (TPSA) is 24.9 Å². The number of hydrogen-bond acceptors (Lipinski definition) is 2. The molecule has 0 saturated heterocycles. The highest BCUT2D eigenvalue weighted by Gasteiger charge is 2.12. The van der Waals surface area contributed by atoms with Gasteiger partial charge >= 0.3 is 0 Å². The molecule has 1 heterocycles. The van der Waals surface area contributed by atoms with E-state index in [9.17, 15) is 0 Å². The fraction of sp³-hybridized carbons (Fsp3) is 0.389. The number of aryl methyl sites for hydroxylation is 1. The van der Waals surface area contributed by atoms with Crippen molar-refractivity contribution in [1.29, 1.82) is 0 Å². The molecule has 0 fully saturated rings. The van der Waals surface area contributed by atoms with E-state index in [1.807, 2.05) is 13.1 Å². The molecule has 2 heteroatoms. The summed E-state index contributed by atoms with van der Waals surface area (Å²) in [6.45, 7) is 7.42. The molecule has 1 atom stereocenters. The summed E-state index contributed by atoms with van der Waals surface area (Å²) >= 11 is 0. The average Bonchev–Trinajstić information content (AvgIpc) is 2.46. The molecule has 0 saturated carbocycles. The number of aromatic nitrogens is 1. The molecule has 106 valence electrons. The molecule has 20 heavy (non-hydrogen) atoms. The second-order valence-corrected chi connectivity index (χ2v) is 5.78. The Balaban J connectivity index is 2.03. The van der Waals surface area contributed by atoms with Crippen LogP contribution in [-0.4, -0.2) is 4.98 Å². The number of benzene rings is 1. The fourth-order valence-electron chi connectivity index (χ4n) is 2.34. The van der Waals surface area contributed by atoms with Gasteiger partial charge in [0, 0.05) is 24.5 Å². The van der Waals surface area contributed by atoms with E-state index < -0.39 is 0 Å². The Morgan fingerprint density at radius 3 is 2.40 bits per heavy atom. The predicted molar refractivity (Wildman–Crippen MR) is 84.5 cm³/mol. The van der Waals surface area contributed by atoms with Gasteiger partial charge in [0.2, 0.25) is 0 Å². The first-order chi connectivity index (χ1) is 9.65. The summed E-state index contributed by atoms with van der Waals surface area (Å²) in [5, 5.41) is 3.66. The van der Waals surface area contributed by atoms with E-state index in [1.54, 1.807) is 0 Å². The van der Waals surface area contributed by atoms with E-state index in [2.05, 4.69) is 66.6 Å². The van der Waals surface area contributed by atoms with Crippen LogP contribution >= 0.6 is 0 Å². The van der Waals surface area contributed by atoms with Gasteiger partial charge in [0.25, 0.3) is 0 Å². The van der Waals surface area contributed by atoms with E-state index in [1.165, 1.54) is 11.1 Å². The van der Waals surface area contributed by atoms with Crippen molar-refractivity contribution in [2.75, 3.05) is 0 Å². The number of nitrogens with zero attached hydrogens (tertiary/aromatic N) is 1. The molecule has 2 rings (SSSR count). The van der Waals surface area contributed by atoms with Crippen LogP contribution in [0.15, 0.2) is 48.7 Å². The molecule has 0 radical (unpaired) electrons. The van der Waals surface area contributed by atoms with E-state index in [0.29, 0.717) is 12.0 Å². The Morgan fingerprint density at radius 1 is 1.05 bits per heavy atom. The Morgan fingerprint density at radius 2 is 1.80 bits per heavy atom. The van der Waals surface area contributed by atoms with Crippen molar-refractivity contribution < 1.29 is 0 Å². The normalized spacial score (nSPS) is 12.6. The summed E-state index contributed by atoms with van der Waals surface area (Å²) < 4.78 is 0. The van der Waals surface area contributed by atoms with Gasteiger partial charge in [0.05, 0.1) is 0 Å². The van der Waals surface area contributed by atoms with Gasteiger partial charge in [-0.15, -0.1) is 0 Å². The summed E-state index contributed by atoms with van der Waals surface area (Å²) in [7, 11) is 0. The molecular formula is C18H24N2. The minimum absolute atomic E-state index is 0.400. The van der Waals surface area contributed by atoms with E-state index in [4.69, 9.17) is 0 Å². The van der Waals surface area contributed by atoms with Crippen molar-refractivity contribution in [1.82, 2.24) is 10.3 Å². The highest BCUT2D eigenvalue weighted by atomic mass is 14.9. The Hall–Kier alpha value is -1.67. The van der Waals surface area contributed by atoms with Crippen LogP contribution in [0.2, 0.25) is 0 Å². The summed E-state index contributed by atoms with van der Waals surface area (Å²) in [5.41, 5.74) is 3.66. The van der Waals surface area contributed by atoms with Crippen LogP contribution in [0.3, 0.4) is 0 Å². The van der Waals surface area contributed by atoms with Gasteiger partial charge < -0.3 is 5.32 Å². The van der Waals surface area contributed by atoms with Crippen molar-refractivity contribution >= 4 is 0 Å². The highest BCUT2D eigenvalue weighted by Crippen LogP contribution is 2.21. The lowest BCUT2D eigenvalue weighted by atomic mass is 9.97. The minimum atomic E-state index is 0.400. The van der Waals surface area contributed by atoms with Crippen LogP contribution in [-0.2, 0) is 6.54 Å². The Bertz CT molecular complexity index is 503. The number of rotatable bonds is 6. The summed E-state index contributed by atoms with van der Waals surface area (Å²) in [5.74, 6) is 0.670. The molecule has 1 unspecified atom stereocenters. The molecule has 2 nitrogen and oxygen atoms in total. The van der Waals surface area contributed by atoms with E-state index >= 15 is 0 Å². The van der Waals surface area contributed by atoms with Gasteiger partial charge in [-0.3, -0.25) is 4.98 Å². The van der Waals surface area contributed by atoms with Crippen LogP contribution in [0.1, 0.15) is 43.1 Å². The van der Waals surface area contributed by atoms with Crippen LogP contribution in [0.5, 0.6) is 0 Å². The molecule has 1 N–H and O–H groups in total. The SMILES string of the molecule is Cc1ccc(CNC(CC(C)C)c2ccccc2)cn1. The summed E-state index contributed by atoms with van der Waals surface area (Å²) in [6.07, 6.45) is 3.10. The fourth-order valence-corrected chi connectivity index (χ4v) is 2.34. The molecule has 0 bridgehead atoms. The zero-order valence-corrected chi connectivity index (χ0v) is 12.6. The first-order valence-corrected chi connectivity index (χ1v) is 7.35. The Labute approximate surface area is 122 Å². The van der Waals surface area contributed by atoms with Crippen LogP contribution < -0.4 is 5.32 Å². The quantitative estimate of drug-likeness (QED) is 0.846. The van der Waals surface area contributed by atoms with Crippen molar-refractivity contribution in [3.8, 4) is 0 Å². The lowest BCUT2D eigenvalue weighted by molar-refractivity contribution is 0.428. The molecule has 1 aromatic carbocycles. The molecule has 2 aromatic rings. The molecule has 1 aromatic heterocycles. The van der Waals surface area contributed by atoms with E-state index in [0.717, 1.165) is 18.7 Å². The number of pyridine rings is 1. The van der Waals surface area contributed by atoms with Crippen LogP contribution in [0, 0.1) is 12.8 Å². The summed E-state index contributed by atoms with van der Waals surface area (Å²) in [4.78, 5) is 4.35. The monoisotopic (exact) mass is 268 g/mol. The smallest absolute Gasteiger partial charge is 0.0372 e. The van der Waals surface area contributed by atoms with Crippen molar-refractivity contribution in [3.63, 3.8) is 0 Å². The van der Waals surface area contributed by atoms with Crippen LogP contribution in [0.25, 0.3) is 0 Å². The lowest BCUT2D eigenvalue weighted by Crippen LogP contribution is -2.22. The predicted octanol–water partition coefficient (Wildman–Crippen LogP) is 4.27. The maximum Gasteiger partial charge on any atom is 0.0372 e. The van der Waals surface area contributed by atoms with Gasteiger partial charge in [-0.05, 0) is 36.5 Å². The minimum Gasteiger partial charge on any atom is -0.306 e. The molecule has 0 aliphatic carbocycles. The molecule has 0 aliphatic heterocycles. The van der Waals surface area contributed by atoms with Crippen molar-refractivity contribution in [2.24, 2.45) is 5.92 Å². The zero-order chi connectivity index (χ0) is 14.4. The van der Waals surface area contributed by atoms with E-state index in [-0.39, 0.29) is 0 Å². The summed E-state index contributed by atoms with van der Waals surface area (Å²) in [6, 6.07) is 15.3. The maximum absolute atomic E-state index is 4.35. The lowest BCUT2D eigenvalue weighted by Gasteiger charge is -2.21. The van der Waals surface area contributed by atoms with Crippen LogP contribution in [0.4, 0.5) is 0 Å². The molecule has 0 aliphatic rings. The second kappa shape index (κ2) is 7.20. The van der Waals surface area contributed by atoms with Gasteiger partial charge in [-0.25, -0.2) is 0 Å². The second-order valence-electron chi connectivity index (χ2n) is 5.78. The highest BCUT2D eigenvalue weighted by molar-refractivity contribution is 5.20. The van der Waals surface area contributed by atoms with Crippen molar-refractivity contribution in [3.05, 3.63) is 65.5 Å². The third-order valence-electron chi connectivity index (χ3n) is 3.43. The van der Waals surface area contributed by atoms with Gasteiger partial charge in [-0.1, -0.05) is 50.2 Å². The van der Waals surface area contributed by atoms with Crippen molar-refractivity contribution in [2.45, 2.75) is 39.8 Å². The first-order valence-electron chi connectivity index (χ1n) is 7.35. The Kier molecular flexibility index (Phi) is 5.31. The maximum atomic E-state index is 4.35. The largest absolute Gasteiger partial charge is 0.306 e. The molecule has 0 amide bonds. The standard InChI is InChI=1S/C18H24N2/c1-14(2)11-18(17-7-5-4-6-8-17)20-13-16-10-9-15(3)19-12-16/h4-10,12,14,18,20H,11,13H2,1-3H3. The average molecular weight is 268 g/mol. The van der Waals surface area contributed by atoms with Gasteiger partial charge in [-0.2, -0.15) is 0 Å². The zero-order valence-electron chi connectivity index (χ0n) is 12.6.